The van der Waals surface area contributed by atoms with Crippen molar-refractivity contribution in [2.45, 2.75) is 26.4 Å². The number of nitrogens with one attached hydrogen (secondary N) is 2. The Balaban J connectivity index is 0.00000450. The Labute approximate surface area is 187 Å². The smallest absolute Gasteiger partial charge is 0.548 e. The maximum Gasteiger partial charge on any atom is 1.00 e. The van der Waals surface area contributed by atoms with E-state index in [0.717, 1.165) is 5.69 Å². The minimum absolute atomic E-state index is 0. The van der Waals surface area contributed by atoms with E-state index >= 15 is 0 Å². The molecule has 30 heavy (non-hydrogen) atoms. The zero-order valence-corrected chi connectivity index (χ0v) is 17.9. The van der Waals surface area contributed by atoms with Crippen LogP contribution in [0, 0.1) is 0 Å². The molecule has 2 aromatic rings. The normalized spacial score (nSPS) is 10.7. The van der Waals surface area contributed by atoms with Gasteiger partial charge in [0.2, 0.25) is 0 Å². The molecule has 0 bridgehead atoms. The molecular weight excluding hydrogens is 383 g/mol. The number of fused-ring (bicyclic) bond motifs is 1. The number of aromatic nitrogens is 1. The molecule has 0 aliphatic carbocycles. The first-order valence-corrected chi connectivity index (χ1v) is 9.11. The first kappa shape index (κ1) is 25.3. The summed E-state index contributed by atoms with van der Waals surface area (Å²) in [5, 5.41) is 16.2. The second-order valence-electron chi connectivity index (χ2n) is 7.46. The number of likely N-dealkylation sites (N-methyl/N-ethyl adjacent to an activating group) is 1. The van der Waals surface area contributed by atoms with E-state index in [1.54, 1.807) is 32.9 Å². The van der Waals surface area contributed by atoms with Crippen LogP contribution in [0.1, 0.15) is 31.1 Å². The number of pyridine rings is 1. The summed E-state index contributed by atoms with van der Waals surface area (Å²) in [4.78, 5) is 40.8. The van der Waals surface area contributed by atoms with Gasteiger partial charge in [-0.15, -0.1) is 0 Å². The molecule has 2 amide bonds. The van der Waals surface area contributed by atoms with Crippen LogP contribution in [0.3, 0.4) is 0 Å². The Kier molecular flexibility index (Phi) is 9.14. The SMILES string of the molecule is CN(CCNC(=O)OC(C)(C)C)c1ccc2nccc(C(=O)NCC(=O)[O-])c2c1.[Li+]. The van der Waals surface area contributed by atoms with Crippen molar-refractivity contribution in [3.63, 3.8) is 0 Å². The van der Waals surface area contributed by atoms with Crippen molar-refractivity contribution in [2.75, 3.05) is 31.6 Å². The number of carbonyl (C=O) groups is 3. The van der Waals surface area contributed by atoms with Gasteiger partial charge in [-0.1, -0.05) is 0 Å². The molecule has 2 rings (SSSR count). The standard InChI is InChI=1S/C20H26N4O5.Li/c1-20(2,3)29-19(28)22-9-10-24(4)13-5-6-16-15(11-13)14(7-8-21-16)18(27)23-12-17(25)26;/h5-8,11H,9-10,12H2,1-4H3,(H,22,28)(H,23,27)(H,25,26);/q;+1/p-1. The van der Waals surface area contributed by atoms with Crippen LogP contribution in [-0.2, 0) is 9.53 Å². The first-order valence-electron chi connectivity index (χ1n) is 9.11. The Bertz CT molecular complexity index is 914. The molecule has 0 aliphatic heterocycles. The number of alkyl carbamates (subject to hydrolysis) is 1. The average Bonchev–Trinajstić information content (AvgIpc) is 2.63. The Hall–Kier alpha value is -2.76. The summed E-state index contributed by atoms with van der Waals surface area (Å²) >= 11 is 0. The molecule has 0 saturated carbocycles. The molecule has 0 aliphatic rings. The van der Waals surface area contributed by atoms with E-state index in [0.29, 0.717) is 29.6 Å². The van der Waals surface area contributed by atoms with Crippen LogP contribution >= 0.6 is 0 Å². The molecule has 0 spiro atoms. The molecule has 1 aromatic carbocycles. The van der Waals surface area contributed by atoms with Crippen molar-refractivity contribution >= 4 is 34.6 Å². The van der Waals surface area contributed by atoms with Crippen LogP contribution in [0.2, 0.25) is 0 Å². The average molecular weight is 408 g/mol. The minimum atomic E-state index is -1.37. The summed E-state index contributed by atoms with van der Waals surface area (Å²) in [6.07, 6.45) is 1.00. The number of anilines is 1. The number of hydrogen-bond acceptors (Lipinski definition) is 7. The van der Waals surface area contributed by atoms with Gasteiger partial charge in [0.15, 0.2) is 0 Å². The largest absolute Gasteiger partial charge is 1.00 e. The topological polar surface area (TPSA) is 124 Å². The number of hydrogen-bond donors (Lipinski definition) is 2. The van der Waals surface area contributed by atoms with Gasteiger partial charge in [-0.25, -0.2) is 4.79 Å². The van der Waals surface area contributed by atoms with Crippen molar-refractivity contribution < 1.29 is 43.1 Å². The summed E-state index contributed by atoms with van der Waals surface area (Å²) < 4.78 is 5.20. The third kappa shape index (κ3) is 7.58. The predicted molar refractivity (Wildman–Crippen MR) is 107 cm³/mol. The number of carboxylic acids is 1. The fourth-order valence-electron chi connectivity index (χ4n) is 2.59. The van der Waals surface area contributed by atoms with E-state index in [-0.39, 0.29) is 18.9 Å². The maximum absolute atomic E-state index is 12.3. The number of nitrogens with zero attached hydrogens (tertiary/aromatic N) is 2. The van der Waals surface area contributed by atoms with Crippen molar-refractivity contribution in [1.82, 2.24) is 15.6 Å². The van der Waals surface area contributed by atoms with E-state index in [2.05, 4.69) is 15.6 Å². The number of ether oxygens (including phenoxy) is 1. The van der Waals surface area contributed by atoms with Gasteiger partial charge in [0, 0.05) is 37.4 Å². The molecule has 1 aromatic heterocycles. The van der Waals surface area contributed by atoms with Crippen LogP contribution in [-0.4, -0.2) is 55.2 Å². The van der Waals surface area contributed by atoms with E-state index in [4.69, 9.17) is 4.74 Å². The molecule has 0 saturated heterocycles. The van der Waals surface area contributed by atoms with E-state index < -0.39 is 30.1 Å². The number of benzene rings is 1. The van der Waals surface area contributed by atoms with Gasteiger partial charge in [-0.2, -0.15) is 0 Å². The number of rotatable bonds is 7. The zero-order chi connectivity index (χ0) is 21.6. The van der Waals surface area contributed by atoms with Gasteiger partial charge in [-0.3, -0.25) is 9.78 Å². The fraction of sp³-hybridized carbons (Fsp3) is 0.400. The molecule has 156 valence electrons. The van der Waals surface area contributed by atoms with Crippen molar-refractivity contribution in [1.29, 1.82) is 0 Å². The summed E-state index contributed by atoms with van der Waals surface area (Å²) in [5.41, 5.74) is 1.17. The van der Waals surface area contributed by atoms with Crippen LogP contribution < -0.4 is 39.5 Å². The Morgan fingerprint density at radius 2 is 1.87 bits per heavy atom. The summed E-state index contributed by atoms with van der Waals surface area (Å²) in [7, 11) is 1.85. The van der Waals surface area contributed by atoms with E-state index in [1.807, 2.05) is 18.0 Å². The summed E-state index contributed by atoms with van der Waals surface area (Å²) in [5.74, 6) is -1.89. The molecule has 10 heteroatoms. The van der Waals surface area contributed by atoms with Gasteiger partial charge in [0.25, 0.3) is 5.91 Å². The third-order valence-corrected chi connectivity index (χ3v) is 3.92. The maximum atomic E-state index is 12.3. The summed E-state index contributed by atoms with van der Waals surface area (Å²) in [6, 6.07) is 6.95. The molecule has 0 atom stereocenters. The van der Waals surface area contributed by atoms with Gasteiger partial charge >= 0.3 is 25.0 Å². The molecule has 2 N–H and O–H groups in total. The molecule has 9 nitrogen and oxygen atoms in total. The second-order valence-corrected chi connectivity index (χ2v) is 7.46. The first-order chi connectivity index (χ1) is 13.6. The number of amides is 2. The van der Waals surface area contributed by atoms with Crippen LogP contribution in [0.4, 0.5) is 10.5 Å². The third-order valence-electron chi connectivity index (χ3n) is 3.92. The second kappa shape index (κ2) is 10.9. The zero-order valence-electron chi connectivity index (χ0n) is 17.9. The monoisotopic (exact) mass is 408 g/mol. The quantitative estimate of drug-likeness (QED) is 0.493. The van der Waals surface area contributed by atoms with Crippen LogP contribution in [0.15, 0.2) is 30.5 Å². The molecule has 0 fully saturated rings. The Morgan fingerprint density at radius 1 is 1.17 bits per heavy atom. The fourth-order valence-corrected chi connectivity index (χ4v) is 2.59. The van der Waals surface area contributed by atoms with Crippen molar-refractivity contribution in [3.05, 3.63) is 36.0 Å². The molecular formula is C20H25LiN4O5. The van der Waals surface area contributed by atoms with Crippen molar-refractivity contribution in [3.8, 4) is 0 Å². The number of carbonyl (C=O) groups excluding carboxylic acids is 3. The van der Waals surface area contributed by atoms with Crippen LogP contribution in [0.25, 0.3) is 10.9 Å². The number of carboxylic acid groups (broad SMARTS) is 1. The van der Waals surface area contributed by atoms with Gasteiger partial charge in [0.05, 0.1) is 23.6 Å². The van der Waals surface area contributed by atoms with Gasteiger partial charge < -0.3 is 30.2 Å². The Morgan fingerprint density at radius 3 is 2.50 bits per heavy atom. The van der Waals surface area contributed by atoms with Crippen molar-refractivity contribution in [2.24, 2.45) is 0 Å². The number of aliphatic carboxylic acids is 1. The predicted octanol–water partition coefficient (Wildman–Crippen LogP) is -2.32. The van der Waals surface area contributed by atoms with Gasteiger partial charge in [0.1, 0.15) is 5.60 Å². The van der Waals surface area contributed by atoms with Crippen LogP contribution in [0.5, 0.6) is 0 Å². The van der Waals surface area contributed by atoms with E-state index in [9.17, 15) is 19.5 Å². The molecule has 1 heterocycles. The minimum Gasteiger partial charge on any atom is -0.548 e. The molecule has 0 unspecified atom stereocenters. The van der Waals surface area contributed by atoms with Gasteiger partial charge in [-0.05, 0) is 45.0 Å². The summed E-state index contributed by atoms with van der Waals surface area (Å²) in [6.45, 7) is 5.69. The molecule has 0 radical (unpaired) electrons. The van der Waals surface area contributed by atoms with E-state index in [1.165, 1.54) is 12.3 Å².